The number of ether oxygens (including phenoxy) is 1. The molecular weight excluding hydrogens is 351 g/mol. The molecule has 0 bridgehead atoms. The van der Waals surface area contributed by atoms with Crippen LogP contribution in [0.5, 0.6) is 5.75 Å². The average Bonchev–Trinajstić information content (AvgIpc) is 2.57. The Bertz CT molecular complexity index is 899. The molecule has 0 aliphatic heterocycles. The largest absolute Gasteiger partial charge is 0.489 e. The van der Waals surface area contributed by atoms with E-state index >= 15 is 0 Å². The summed E-state index contributed by atoms with van der Waals surface area (Å²) in [6.07, 6.45) is 0.414. The molecule has 2 rings (SSSR count). The number of fused-ring (bicyclic) bond motifs is 1. The summed E-state index contributed by atoms with van der Waals surface area (Å²) in [7, 11) is 1.36. The number of unbranched alkanes of at least 4 members (excludes halogenated alkanes) is 1. The van der Waals surface area contributed by atoms with Crippen LogP contribution in [-0.4, -0.2) is 29.4 Å². The highest BCUT2D eigenvalue weighted by atomic mass is 19.1. The van der Waals surface area contributed by atoms with E-state index in [0.29, 0.717) is 12.0 Å². The van der Waals surface area contributed by atoms with Crippen LogP contribution in [0.1, 0.15) is 40.5 Å². The quantitative estimate of drug-likeness (QED) is 0.752. The predicted octanol–water partition coefficient (Wildman–Crippen LogP) is 4.48. The second-order valence-electron chi connectivity index (χ2n) is 7.84. The van der Waals surface area contributed by atoms with Gasteiger partial charge in [0.2, 0.25) is 0 Å². The van der Waals surface area contributed by atoms with Crippen LogP contribution in [0.4, 0.5) is 15.0 Å². The van der Waals surface area contributed by atoms with Gasteiger partial charge in [-0.15, -0.1) is 0 Å². The van der Waals surface area contributed by atoms with E-state index in [1.807, 2.05) is 27.7 Å². The topological polar surface area (TPSA) is 71.8 Å². The average molecular weight is 378 g/mol. The van der Waals surface area contributed by atoms with Crippen LogP contribution in [0.2, 0.25) is 0 Å². The summed E-state index contributed by atoms with van der Waals surface area (Å²) in [5, 5.41) is 10.1. The molecule has 0 fully saturated rings. The molecule has 0 aliphatic carbocycles. The van der Waals surface area contributed by atoms with Gasteiger partial charge in [-0.05, 0) is 30.0 Å². The molecule has 0 radical (unpaired) electrons. The fraction of sp³-hybridized carbons (Fsp3) is 0.500. The second-order valence-corrected chi connectivity index (χ2v) is 7.84. The number of nitrogens with zero attached hydrogens (tertiary/aromatic N) is 2. The van der Waals surface area contributed by atoms with Crippen molar-refractivity contribution < 1.29 is 19.0 Å². The zero-order valence-electron chi connectivity index (χ0n) is 16.5. The van der Waals surface area contributed by atoms with Crippen LogP contribution in [0.15, 0.2) is 23.0 Å². The Labute approximate surface area is 158 Å². The lowest BCUT2D eigenvalue weighted by atomic mass is 9.96. The highest BCUT2D eigenvalue weighted by molar-refractivity contribution is 5.96. The van der Waals surface area contributed by atoms with Gasteiger partial charge < -0.3 is 9.84 Å². The number of aromatic nitrogens is 1. The molecule has 0 atom stereocenters. The van der Waals surface area contributed by atoms with Gasteiger partial charge in [0.15, 0.2) is 11.6 Å². The summed E-state index contributed by atoms with van der Waals surface area (Å²) >= 11 is 0. The normalized spacial score (nSPS) is 11.6. The zero-order valence-corrected chi connectivity index (χ0v) is 16.5. The molecule has 0 saturated carbocycles. The molecule has 0 aliphatic rings. The lowest BCUT2D eigenvalue weighted by molar-refractivity contribution is 0.202. The minimum absolute atomic E-state index is 0.122. The van der Waals surface area contributed by atoms with Gasteiger partial charge in [-0.2, -0.15) is 0 Å². The molecule has 0 unspecified atom stereocenters. The molecule has 1 aromatic carbocycles. The van der Waals surface area contributed by atoms with Crippen molar-refractivity contribution in [1.29, 1.82) is 0 Å². The molecule has 27 heavy (non-hydrogen) atoms. The van der Waals surface area contributed by atoms with Gasteiger partial charge in [-0.25, -0.2) is 9.18 Å². The maximum absolute atomic E-state index is 13.9. The highest BCUT2D eigenvalue weighted by Gasteiger charge is 2.27. The number of carboxylic acid groups (broad SMARTS) is 1. The summed E-state index contributed by atoms with van der Waals surface area (Å²) in [6.45, 7) is 8.50. The number of halogens is 1. The van der Waals surface area contributed by atoms with Gasteiger partial charge >= 0.3 is 6.09 Å². The van der Waals surface area contributed by atoms with Crippen molar-refractivity contribution in [2.24, 2.45) is 5.41 Å². The van der Waals surface area contributed by atoms with E-state index < -0.39 is 11.9 Å². The SMILES string of the molecule is CCCCOc1c(N(C)C(=O)O)n(CC(C)(C)C)c(=O)c2ccc(F)cc12. The van der Waals surface area contributed by atoms with Crippen molar-refractivity contribution in [3.8, 4) is 5.75 Å². The molecule has 2 aromatic rings. The van der Waals surface area contributed by atoms with Crippen molar-refractivity contribution in [3.05, 3.63) is 34.4 Å². The van der Waals surface area contributed by atoms with E-state index in [2.05, 4.69) is 0 Å². The third-order valence-electron chi connectivity index (χ3n) is 4.14. The second kappa shape index (κ2) is 7.98. The van der Waals surface area contributed by atoms with Crippen LogP contribution in [-0.2, 0) is 6.54 Å². The van der Waals surface area contributed by atoms with Crippen molar-refractivity contribution in [2.45, 2.75) is 47.1 Å². The predicted molar refractivity (Wildman–Crippen MR) is 104 cm³/mol. The van der Waals surface area contributed by atoms with Crippen molar-refractivity contribution in [2.75, 3.05) is 18.6 Å². The lowest BCUT2D eigenvalue weighted by Gasteiger charge is -2.28. The summed E-state index contributed by atoms with van der Waals surface area (Å²) in [5.74, 6) is -0.178. The fourth-order valence-corrected chi connectivity index (χ4v) is 2.88. The number of hydrogen-bond donors (Lipinski definition) is 1. The first kappa shape index (κ1) is 20.7. The van der Waals surface area contributed by atoms with Crippen LogP contribution in [0, 0.1) is 11.2 Å². The number of carbonyl (C=O) groups is 1. The van der Waals surface area contributed by atoms with Crippen LogP contribution < -0.4 is 15.2 Å². The minimum atomic E-state index is -1.23. The maximum atomic E-state index is 13.9. The van der Waals surface area contributed by atoms with Gasteiger partial charge in [0.05, 0.1) is 12.0 Å². The number of rotatable bonds is 6. The Balaban J connectivity index is 2.89. The molecule has 1 amide bonds. The Morgan fingerprint density at radius 3 is 2.52 bits per heavy atom. The van der Waals surface area contributed by atoms with E-state index in [9.17, 15) is 19.1 Å². The third-order valence-corrected chi connectivity index (χ3v) is 4.14. The van der Waals surface area contributed by atoms with Gasteiger partial charge in [-0.1, -0.05) is 34.1 Å². The van der Waals surface area contributed by atoms with Crippen LogP contribution in [0.25, 0.3) is 10.8 Å². The van der Waals surface area contributed by atoms with Crippen molar-refractivity contribution in [3.63, 3.8) is 0 Å². The van der Waals surface area contributed by atoms with Crippen LogP contribution >= 0.6 is 0 Å². The number of anilines is 1. The molecule has 0 spiro atoms. The van der Waals surface area contributed by atoms with Crippen molar-refractivity contribution in [1.82, 2.24) is 4.57 Å². The number of pyridine rings is 1. The van der Waals surface area contributed by atoms with Gasteiger partial charge in [-0.3, -0.25) is 14.3 Å². The Morgan fingerprint density at radius 1 is 1.30 bits per heavy atom. The first-order chi connectivity index (χ1) is 12.6. The Kier molecular flexibility index (Phi) is 6.13. The molecular formula is C20H27FN2O4. The number of hydrogen-bond acceptors (Lipinski definition) is 3. The zero-order chi connectivity index (χ0) is 20.4. The molecule has 0 saturated heterocycles. The van der Waals surface area contributed by atoms with E-state index in [1.165, 1.54) is 29.8 Å². The monoisotopic (exact) mass is 378 g/mol. The lowest BCUT2D eigenvalue weighted by Crippen LogP contribution is -2.35. The molecule has 7 heteroatoms. The first-order valence-corrected chi connectivity index (χ1v) is 9.02. The van der Waals surface area contributed by atoms with Gasteiger partial charge in [0, 0.05) is 19.0 Å². The number of amides is 1. The van der Waals surface area contributed by atoms with Crippen LogP contribution in [0.3, 0.4) is 0 Å². The van der Waals surface area contributed by atoms with E-state index in [-0.39, 0.29) is 34.5 Å². The van der Waals surface area contributed by atoms with Gasteiger partial charge in [0.25, 0.3) is 5.56 Å². The Morgan fingerprint density at radius 2 is 1.96 bits per heavy atom. The standard InChI is InChI=1S/C20H27FN2O4/c1-6-7-10-27-16-15-11-13(21)8-9-14(15)18(24)23(12-20(2,3)4)17(16)22(5)19(25)26/h8-9,11H,6-7,10,12H2,1-5H3,(H,25,26). The summed E-state index contributed by atoms with van der Waals surface area (Å²) in [4.78, 5) is 25.8. The first-order valence-electron chi connectivity index (χ1n) is 9.02. The van der Waals surface area contributed by atoms with E-state index in [0.717, 1.165) is 17.7 Å². The molecule has 6 nitrogen and oxygen atoms in total. The summed E-state index contributed by atoms with van der Waals surface area (Å²) in [6, 6.07) is 3.86. The molecule has 148 valence electrons. The summed E-state index contributed by atoms with van der Waals surface area (Å²) < 4.78 is 21.2. The summed E-state index contributed by atoms with van der Waals surface area (Å²) in [5.41, 5.74) is -0.655. The smallest absolute Gasteiger partial charge is 0.412 e. The third kappa shape index (κ3) is 4.59. The van der Waals surface area contributed by atoms with Gasteiger partial charge in [0.1, 0.15) is 5.82 Å². The highest BCUT2D eigenvalue weighted by Crippen LogP contribution is 2.36. The number of benzene rings is 1. The van der Waals surface area contributed by atoms with Crippen molar-refractivity contribution >= 4 is 22.7 Å². The molecule has 1 aromatic heterocycles. The van der Waals surface area contributed by atoms with E-state index in [4.69, 9.17) is 4.74 Å². The molecule has 1 heterocycles. The van der Waals surface area contributed by atoms with E-state index in [1.54, 1.807) is 0 Å². The maximum Gasteiger partial charge on any atom is 0.412 e. The molecule has 1 N–H and O–H groups in total. The minimum Gasteiger partial charge on any atom is -0.489 e. The Hall–Kier alpha value is -2.57. The fourth-order valence-electron chi connectivity index (χ4n) is 2.88.